The number of thioether (sulfide) groups is 1. The number of hydrogen-bond acceptors (Lipinski definition) is 6. The van der Waals surface area contributed by atoms with Gasteiger partial charge in [0.2, 0.25) is 11.9 Å². The molecule has 4 bridgehead atoms. The van der Waals surface area contributed by atoms with Crippen LogP contribution in [-0.2, 0) is 16.1 Å². The molecule has 1 aromatic rings. The highest BCUT2D eigenvalue weighted by atomic mass is 32.2. The van der Waals surface area contributed by atoms with Gasteiger partial charge < -0.3 is 15.0 Å². The molecule has 0 unspecified atom stereocenters. The summed E-state index contributed by atoms with van der Waals surface area (Å²) in [6.45, 7) is 6.05. The van der Waals surface area contributed by atoms with E-state index >= 15 is 0 Å². The standard InChI is InChI=1S/C20H31N5O2S/c1-2-25-18(24-3-5-27-6-4-24)22-23-19(25)28-13-17(26)21-20-10-14-7-15(11-20)9-16(8-14)12-20/h14-16H,2-13H2,1H3,(H,21,26). The van der Waals surface area contributed by atoms with Gasteiger partial charge in [-0.3, -0.25) is 9.36 Å². The third kappa shape index (κ3) is 3.54. The highest BCUT2D eigenvalue weighted by molar-refractivity contribution is 7.99. The number of ether oxygens (including phenoxy) is 1. The third-order valence-electron chi connectivity index (χ3n) is 7.08. The van der Waals surface area contributed by atoms with Crippen LogP contribution >= 0.6 is 11.8 Å². The summed E-state index contributed by atoms with van der Waals surface area (Å²) in [5.74, 6) is 4.01. The summed E-state index contributed by atoms with van der Waals surface area (Å²) in [4.78, 5) is 15.0. The molecule has 28 heavy (non-hydrogen) atoms. The number of nitrogens with zero attached hydrogens (tertiary/aromatic N) is 4. The Morgan fingerprint density at radius 1 is 1.14 bits per heavy atom. The average molecular weight is 406 g/mol. The van der Waals surface area contributed by atoms with E-state index in [1.165, 1.54) is 50.3 Å². The second kappa shape index (κ2) is 7.52. The van der Waals surface area contributed by atoms with E-state index in [1.54, 1.807) is 0 Å². The summed E-state index contributed by atoms with van der Waals surface area (Å²) in [5.41, 5.74) is 0.0871. The lowest BCUT2D eigenvalue weighted by molar-refractivity contribution is -0.124. The van der Waals surface area contributed by atoms with Crippen molar-refractivity contribution in [2.75, 3.05) is 37.0 Å². The van der Waals surface area contributed by atoms with Crippen molar-refractivity contribution in [2.24, 2.45) is 17.8 Å². The van der Waals surface area contributed by atoms with Crippen molar-refractivity contribution in [1.82, 2.24) is 20.1 Å². The summed E-state index contributed by atoms with van der Waals surface area (Å²) in [6, 6.07) is 0. The second-order valence-electron chi connectivity index (χ2n) is 9.16. The van der Waals surface area contributed by atoms with Crippen LogP contribution in [0, 0.1) is 17.8 Å². The zero-order valence-electron chi connectivity index (χ0n) is 16.7. The number of hydrogen-bond donors (Lipinski definition) is 1. The van der Waals surface area contributed by atoms with Gasteiger partial charge in [0.15, 0.2) is 5.16 Å². The minimum absolute atomic E-state index is 0.0871. The molecule has 1 saturated heterocycles. The Hall–Kier alpha value is -1.28. The monoisotopic (exact) mass is 405 g/mol. The lowest BCUT2D eigenvalue weighted by atomic mass is 9.53. The van der Waals surface area contributed by atoms with Gasteiger partial charge in [-0.1, -0.05) is 11.8 Å². The van der Waals surface area contributed by atoms with E-state index in [9.17, 15) is 4.79 Å². The summed E-state index contributed by atoms with van der Waals surface area (Å²) in [6.07, 6.45) is 7.78. The van der Waals surface area contributed by atoms with Gasteiger partial charge in [-0.2, -0.15) is 0 Å². The van der Waals surface area contributed by atoms with Crippen molar-refractivity contribution in [2.45, 2.75) is 62.7 Å². The maximum absolute atomic E-state index is 12.8. The Labute approximate surface area is 171 Å². The number of aromatic nitrogens is 3. The largest absolute Gasteiger partial charge is 0.378 e. The van der Waals surface area contributed by atoms with E-state index < -0.39 is 0 Å². The first-order valence-corrected chi connectivity index (χ1v) is 11.8. The van der Waals surface area contributed by atoms with E-state index in [2.05, 4.69) is 31.9 Å². The summed E-state index contributed by atoms with van der Waals surface area (Å²) < 4.78 is 7.56. The van der Waals surface area contributed by atoms with Gasteiger partial charge in [0, 0.05) is 25.2 Å². The maximum Gasteiger partial charge on any atom is 0.230 e. The van der Waals surface area contributed by atoms with Gasteiger partial charge in [-0.05, 0) is 63.2 Å². The van der Waals surface area contributed by atoms with E-state index in [0.717, 1.165) is 61.7 Å². The molecule has 0 aromatic carbocycles. The molecule has 2 heterocycles. The highest BCUT2D eigenvalue weighted by Gasteiger charge is 2.51. The molecule has 5 fully saturated rings. The van der Waals surface area contributed by atoms with Gasteiger partial charge in [0.25, 0.3) is 0 Å². The minimum atomic E-state index is 0.0871. The van der Waals surface area contributed by atoms with Crippen molar-refractivity contribution in [3.63, 3.8) is 0 Å². The topological polar surface area (TPSA) is 72.3 Å². The highest BCUT2D eigenvalue weighted by Crippen LogP contribution is 2.55. The molecule has 0 atom stereocenters. The predicted octanol–water partition coefficient (Wildman–Crippen LogP) is 2.31. The van der Waals surface area contributed by atoms with E-state index in [1.807, 2.05) is 0 Å². The molecule has 0 spiro atoms. The smallest absolute Gasteiger partial charge is 0.230 e. The Balaban J connectivity index is 1.21. The molecule has 4 aliphatic carbocycles. The summed E-state index contributed by atoms with van der Waals surface area (Å²) >= 11 is 1.51. The fourth-order valence-corrected chi connectivity index (χ4v) is 7.18. The average Bonchev–Trinajstić information content (AvgIpc) is 3.08. The zero-order chi connectivity index (χ0) is 19.1. The minimum Gasteiger partial charge on any atom is -0.378 e. The van der Waals surface area contributed by atoms with Crippen LogP contribution in [0.2, 0.25) is 0 Å². The van der Waals surface area contributed by atoms with Crippen molar-refractivity contribution < 1.29 is 9.53 Å². The van der Waals surface area contributed by atoms with Crippen LogP contribution in [0.5, 0.6) is 0 Å². The predicted molar refractivity (Wildman–Crippen MR) is 108 cm³/mol. The van der Waals surface area contributed by atoms with E-state index in [-0.39, 0.29) is 11.4 Å². The summed E-state index contributed by atoms with van der Waals surface area (Å²) in [5, 5.41) is 13.1. The van der Waals surface area contributed by atoms with Crippen molar-refractivity contribution in [1.29, 1.82) is 0 Å². The number of anilines is 1. The number of rotatable bonds is 6. The van der Waals surface area contributed by atoms with Crippen molar-refractivity contribution >= 4 is 23.6 Å². The van der Waals surface area contributed by atoms with Crippen LogP contribution in [0.25, 0.3) is 0 Å². The quantitative estimate of drug-likeness (QED) is 0.733. The Morgan fingerprint density at radius 3 is 2.39 bits per heavy atom. The molecule has 1 amide bonds. The van der Waals surface area contributed by atoms with Gasteiger partial charge in [0.05, 0.1) is 19.0 Å². The molecular weight excluding hydrogens is 374 g/mol. The maximum atomic E-state index is 12.8. The van der Waals surface area contributed by atoms with Crippen LogP contribution in [0.1, 0.15) is 45.4 Å². The van der Waals surface area contributed by atoms with Crippen LogP contribution in [0.4, 0.5) is 5.95 Å². The van der Waals surface area contributed by atoms with Gasteiger partial charge >= 0.3 is 0 Å². The normalized spacial score (nSPS) is 34.0. The first kappa shape index (κ1) is 18.7. The molecule has 4 saturated carbocycles. The van der Waals surface area contributed by atoms with E-state index in [0.29, 0.717) is 5.75 Å². The molecule has 7 nitrogen and oxygen atoms in total. The summed E-state index contributed by atoms with van der Waals surface area (Å²) in [7, 11) is 0. The van der Waals surface area contributed by atoms with Crippen LogP contribution in [-0.4, -0.2) is 58.3 Å². The van der Waals surface area contributed by atoms with Crippen molar-refractivity contribution in [3.05, 3.63) is 0 Å². The van der Waals surface area contributed by atoms with Gasteiger partial charge in [0.1, 0.15) is 0 Å². The van der Waals surface area contributed by atoms with Crippen LogP contribution < -0.4 is 10.2 Å². The molecule has 1 aliphatic heterocycles. The first-order valence-electron chi connectivity index (χ1n) is 10.8. The molecule has 5 aliphatic rings. The number of carbonyl (C=O) groups excluding carboxylic acids is 1. The lowest BCUT2D eigenvalue weighted by Crippen LogP contribution is -2.60. The molecule has 6 rings (SSSR count). The Bertz CT molecular complexity index is 695. The number of amides is 1. The molecule has 8 heteroatoms. The van der Waals surface area contributed by atoms with E-state index in [4.69, 9.17) is 4.74 Å². The molecule has 0 radical (unpaired) electrons. The zero-order valence-corrected chi connectivity index (χ0v) is 17.5. The Kier molecular flexibility index (Phi) is 5.03. The second-order valence-corrected chi connectivity index (χ2v) is 10.1. The van der Waals surface area contributed by atoms with Crippen LogP contribution in [0.15, 0.2) is 5.16 Å². The fraction of sp³-hybridized carbons (Fsp3) is 0.850. The number of morpholine rings is 1. The molecule has 1 N–H and O–H groups in total. The molecular formula is C20H31N5O2S. The SMILES string of the molecule is CCn1c(SCC(=O)NC23CC4CC(CC(C4)C2)C3)nnc1N1CCOCC1. The third-order valence-corrected chi connectivity index (χ3v) is 8.05. The number of carbonyl (C=O) groups is 1. The first-order chi connectivity index (χ1) is 13.6. The van der Waals surface area contributed by atoms with Gasteiger partial charge in [-0.15, -0.1) is 10.2 Å². The Morgan fingerprint density at radius 2 is 1.79 bits per heavy atom. The fourth-order valence-electron chi connectivity index (χ4n) is 6.39. The van der Waals surface area contributed by atoms with Crippen LogP contribution in [0.3, 0.4) is 0 Å². The molecule has 1 aromatic heterocycles. The van der Waals surface area contributed by atoms with Crippen molar-refractivity contribution in [3.8, 4) is 0 Å². The number of nitrogens with one attached hydrogen (secondary N) is 1. The molecule has 154 valence electrons. The lowest BCUT2D eigenvalue weighted by Gasteiger charge is -2.56. The van der Waals surface area contributed by atoms with Gasteiger partial charge in [-0.25, -0.2) is 0 Å².